The Morgan fingerprint density at radius 1 is 1.14 bits per heavy atom. The van der Waals surface area contributed by atoms with Gasteiger partial charge in [-0.05, 0) is 56.6 Å². The van der Waals surface area contributed by atoms with E-state index in [1.807, 2.05) is 34.6 Å². The molecule has 7 heteroatoms. The van der Waals surface area contributed by atoms with E-state index in [0.717, 1.165) is 0 Å². The van der Waals surface area contributed by atoms with Crippen molar-refractivity contribution in [3.63, 3.8) is 0 Å². The molecule has 1 aromatic carbocycles. The summed E-state index contributed by atoms with van der Waals surface area (Å²) in [6.07, 6.45) is 0. The van der Waals surface area contributed by atoms with Gasteiger partial charge in [0.1, 0.15) is 0 Å². The van der Waals surface area contributed by atoms with Crippen LogP contribution >= 0.6 is 31.9 Å². The number of hydrogen-bond acceptors (Lipinski definition) is 3. The summed E-state index contributed by atoms with van der Waals surface area (Å²) in [5, 5.41) is 0. The summed E-state index contributed by atoms with van der Waals surface area (Å²) in [6, 6.07) is 1.74. The Morgan fingerprint density at radius 3 is 2.14 bits per heavy atom. The first-order valence-electron chi connectivity index (χ1n) is 6.76. The molecule has 1 fully saturated rings. The standard InChI is InChI=1S/C14H18BBr2FO3/c1-6-19-12-9(17)7-8(16)10(11(12)18)15-20-13(2,3)14(4,5)21-15/h7H,6H2,1-5H3. The van der Waals surface area contributed by atoms with Crippen molar-refractivity contribution < 1.29 is 18.4 Å². The van der Waals surface area contributed by atoms with E-state index >= 15 is 0 Å². The van der Waals surface area contributed by atoms with Crippen LogP contribution in [-0.2, 0) is 9.31 Å². The molecule has 1 saturated heterocycles. The third-order valence-electron chi connectivity index (χ3n) is 3.94. The van der Waals surface area contributed by atoms with Crippen molar-refractivity contribution in [2.75, 3.05) is 6.61 Å². The van der Waals surface area contributed by atoms with Crippen molar-refractivity contribution in [3.8, 4) is 5.75 Å². The van der Waals surface area contributed by atoms with Gasteiger partial charge < -0.3 is 14.0 Å². The van der Waals surface area contributed by atoms with Crippen LogP contribution < -0.4 is 10.2 Å². The largest absolute Gasteiger partial charge is 0.499 e. The van der Waals surface area contributed by atoms with Gasteiger partial charge in [-0.25, -0.2) is 4.39 Å². The summed E-state index contributed by atoms with van der Waals surface area (Å²) >= 11 is 6.69. The van der Waals surface area contributed by atoms with E-state index in [2.05, 4.69) is 31.9 Å². The fourth-order valence-electron chi connectivity index (χ4n) is 2.04. The van der Waals surface area contributed by atoms with Crippen LogP contribution in [0, 0.1) is 5.82 Å². The molecule has 1 aliphatic heterocycles. The van der Waals surface area contributed by atoms with Gasteiger partial charge in [-0.15, -0.1) is 0 Å². The monoisotopic (exact) mass is 422 g/mol. The molecule has 0 bridgehead atoms. The average molecular weight is 424 g/mol. The SMILES string of the molecule is CCOc1c(Br)cc(Br)c(B2OC(C)(C)C(C)(C)O2)c1F. The fraction of sp³-hybridized carbons (Fsp3) is 0.571. The zero-order valence-electron chi connectivity index (χ0n) is 12.7. The van der Waals surface area contributed by atoms with Gasteiger partial charge in [0.2, 0.25) is 0 Å². The van der Waals surface area contributed by atoms with Crippen molar-refractivity contribution in [1.29, 1.82) is 0 Å². The van der Waals surface area contributed by atoms with Crippen molar-refractivity contribution in [1.82, 2.24) is 0 Å². The van der Waals surface area contributed by atoms with Gasteiger partial charge in [0, 0.05) is 9.94 Å². The van der Waals surface area contributed by atoms with Crippen molar-refractivity contribution in [3.05, 3.63) is 20.8 Å². The molecule has 3 nitrogen and oxygen atoms in total. The zero-order chi connectivity index (χ0) is 16.0. The van der Waals surface area contributed by atoms with E-state index in [1.165, 1.54) is 0 Å². The lowest BCUT2D eigenvalue weighted by atomic mass is 9.78. The smallest absolute Gasteiger partial charge is 0.490 e. The lowest BCUT2D eigenvalue weighted by Crippen LogP contribution is -2.41. The van der Waals surface area contributed by atoms with Crippen molar-refractivity contribution in [2.24, 2.45) is 0 Å². The predicted molar refractivity (Wildman–Crippen MR) is 88.7 cm³/mol. The van der Waals surface area contributed by atoms with E-state index in [-0.39, 0.29) is 5.75 Å². The van der Waals surface area contributed by atoms with Gasteiger partial charge >= 0.3 is 7.12 Å². The molecule has 0 spiro atoms. The van der Waals surface area contributed by atoms with E-state index in [1.54, 1.807) is 6.07 Å². The molecule has 2 rings (SSSR count). The average Bonchev–Trinajstić information content (AvgIpc) is 2.53. The van der Waals surface area contributed by atoms with Gasteiger partial charge in [0.25, 0.3) is 0 Å². The topological polar surface area (TPSA) is 27.7 Å². The molecular formula is C14H18BBr2FO3. The Morgan fingerprint density at radius 2 is 1.67 bits per heavy atom. The van der Waals surface area contributed by atoms with Crippen LogP contribution in [0.5, 0.6) is 5.75 Å². The second kappa shape index (κ2) is 5.83. The van der Waals surface area contributed by atoms with Crippen LogP contribution in [0.25, 0.3) is 0 Å². The lowest BCUT2D eigenvalue weighted by Gasteiger charge is -2.32. The van der Waals surface area contributed by atoms with Crippen LogP contribution in [-0.4, -0.2) is 24.9 Å². The van der Waals surface area contributed by atoms with Crippen LogP contribution in [0.2, 0.25) is 0 Å². The quantitative estimate of drug-likeness (QED) is 0.686. The maximum atomic E-state index is 14.8. The van der Waals surface area contributed by atoms with E-state index in [9.17, 15) is 4.39 Å². The molecule has 1 aliphatic rings. The number of ether oxygens (including phenoxy) is 1. The predicted octanol–water partition coefficient (Wildman–Crippen LogP) is 4.05. The fourth-order valence-corrected chi connectivity index (χ4v) is 3.45. The first-order valence-corrected chi connectivity index (χ1v) is 8.35. The summed E-state index contributed by atoms with van der Waals surface area (Å²) in [4.78, 5) is 0. The highest BCUT2D eigenvalue weighted by atomic mass is 79.9. The third-order valence-corrected chi connectivity index (χ3v) is 5.19. The molecule has 21 heavy (non-hydrogen) atoms. The van der Waals surface area contributed by atoms with Gasteiger partial charge in [-0.3, -0.25) is 0 Å². The van der Waals surface area contributed by atoms with Gasteiger partial charge in [0.05, 0.1) is 22.3 Å². The van der Waals surface area contributed by atoms with Crippen LogP contribution in [0.15, 0.2) is 15.0 Å². The molecule has 0 saturated carbocycles. The molecular weight excluding hydrogens is 406 g/mol. The minimum absolute atomic E-state index is 0.172. The summed E-state index contributed by atoms with van der Waals surface area (Å²) in [6.45, 7) is 9.91. The second-order valence-electron chi connectivity index (χ2n) is 5.92. The Hall–Kier alpha value is -0.105. The van der Waals surface area contributed by atoms with Crippen LogP contribution in [0.1, 0.15) is 34.6 Å². The number of benzene rings is 1. The molecule has 0 atom stereocenters. The van der Waals surface area contributed by atoms with E-state index in [0.29, 0.717) is 21.0 Å². The molecule has 0 radical (unpaired) electrons. The lowest BCUT2D eigenvalue weighted by molar-refractivity contribution is 0.00578. The summed E-state index contributed by atoms with van der Waals surface area (Å²) in [7, 11) is -0.781. The van der Waals surface area contributed by atoms with Crippen LogP contribution in [0.4, 0.5) is 4.39 Å². The Labute approximate surface area is 141 Å². The molecule has 0 amide bonds. The molecule has 0 unspecified atom stereocenters. The van der Waals surface area contributed by atoms with Crippen molar-refractivity contribution >= 4 is 44.4 Å². The Balaban J connectivity index is 2.48. The summed E-state index contributed by atoms with van der Waals surface area (Å²) in [5.74, 6) is -0.304. The highest BCUT2D eigenvalue weighted by Crippen LogP contribution is 2.39. The minimum Gasteiger partial charge on any atom is -0.490 e. The maximum absolute atomic E-state index is 14.8. The van der Waals surface area contributed by atoms with Gasteiger partial charge in [-0.1, -0.05) is 15.9 Å². The highest BCUT2D eigenvalue weighted by molar-refractivity contribution is 9.11. The Bertz CT molecular complexity index is 548. The first kappa shape index (κ1) is 17.3. The van der Waals surface area contributed by atoms with Gasteiger partial charge in [-0.2, -0.15) is 0 Å². The summed E-state index contributed by atoms with van der Waals surface area (Å²) < 4.78 is 33.1. The summed E-state index contributed by atoms with van der Waals surface area (Å²) in [5.41, 5.74) is -0.731. The van der Waals surface area contributed by atoms with Gasteiger partial charge in [0.15, 0.2) is 11.6 Å². The molecule has 116 valence electrons. The normalized spacial score (nSPS) is 19.9. The zero-order valence-corrected chi connectivity index (χ0v) is 15.9. The molecule has 0 aromatic heterocycles. The minimum atomic E-state index is -0.781. The Kier molecular flexibility index (Phi) is 4.79. The van der Waals surface area contributed by atoms with Crippen molar-refractivity contribution in [2.45, 2.75) is 45.8 Å². The molecule has 0 aliphatic carbocycles. The first-order chi connectivity index (χ1) is 9.60. The molecule has 1 aromatic rings. The maximum Gasteiger partial charge on any atom is 0.499 e. The second-order valence-corrected chi connectivity index (χ2v) is 7.63. The number of rotatable bonds is 3. The number of hydrogen-bond donors (Lipinski definition) is 0. The highest BCUT2D eigenvalue weighted by Gasteiger charge is 2.53. The molecule has 1 heterocycles. The van der Waals surface area contributed by atoms with E-state index < -0.39 is 24.1 Å². The third kappa shape index (κ3) is 3.02. The van der Waals surface area contributed by atoms with Crippen LogP contribution in [0.3, 0.4) is 0 Å². The molecule has 0 N–H and O–H groups in total. The number of halogens is 3. The van der Waals surface area contributed by atoms with E-state index in [4.69, 9.17) is 14.0 Å².